The number of rotatable bonds is 3. The summed E-state index contributed by atoms with van der Waals surface area (Å²) in [7, 11) is -1.80. The molecule has 0 saturated carbocycles. The number of hydrogen-bond donors (Lipinski definition) is 0. The Kier molecular flexibility index (Phi) is 6.57. The van der Waals surface area contributed by atoms with E-state index in [2.05, 4.69) is 25.7 Å². The summed E-state index contributed by atoms with van der Waals surface area (Å²) < 4.78 is 28.5. The summed E-state index contributed by atoms with van der Waals surface area (Å²) in [5, 5.41) is 0.664. The van der Waals surface area contributed by atoms with Crippen molar-refractivity contribution in [2.75, 3.05) is 20.1 Å². The van der Waals surface area contributed by atoms with Gasteiger partial charge < -0.3 is 0 Å². The molecule has 1 saturated heterocycles. The average molecular weight is 395 g/mol. The van der Waals surface area contributed by atoms with Gasteiger partial charge in [0.15, 0.2) is 0 Å². The maximum atomic E-state index is 12.7. The first-order chi connectivity index (χ1) is 12.0. The Morgan fingerprint density at radius 1 is 1.35 bits per heavy atom. The molecule has 0 radical (unpaired) electrons. The van der Waals surface area contributed by atoms with Gasteiger partial charge in [-0.05, 0) is 44.5 Å². The van der Waals surface area contributed by atoms with E-state index in [4.69, 9.17) is 11.6 Å². The van der Waals surface area contributed by atoms with Crippen LogP contribution in [0.5, 0.6) is 0 Å². The molecule has 0 aliphatic carbocycles. The summed E-state index contributed by atoms with van der Waals surface area (Å²) in [6.45, 7) is 8.82. The molecule has 1 aliphatic heterocycles. The molecular weight excluding hydrogens is 368 g/mol. The van der Waals surface area contributed by atoms with E-state index in [0.29, 0.717) is 24.5 Å². The number of halogens is 1. The number of benzene rings is 1. The van der Waals surface area contributed by atoms with Crippen LogP contribution in [0.1, 0.15) is 39.7 Å². The lowest BCUT2D eigenvalue weighted by Gasteiger charge is -2.41. The summed E-state index contributed by atoms with van der Waals surface area (Å²) in [6.07, 6.45) is 2.61. The molecule has 2 rings (SSSR count). The largest absolute Gasteiger partial charge is 0.281 e. The molecule has 1 fully saturated rings. The molecule has 6 heteroatoms. The Morgan fingerprint density at radius 3 is 2.62 bits per heavy atom. The highest BCUT2D eigenvalue weighted by atomic mass is 35.5. The van der Waals surface area contributed by atoms with E-state index in [1.165, 1.54) is 9.88 Å². The molecule has 1 aliphatic rings. The van der Waals surface area contributed by atoms with Gasteiger partial charge in [0.05, 0.1) is 0 Å². The smallest absolute Gasteiger partial charge is 0.195 e. The lowest BCUT2D eigenvalue weighted by molar-refractivity contribution is 0.235. The van der Waals surface area contributed by atoms with Crippen LogP contribution in [0.4, 0.5) is 0 Å². The van der Waals surface area contributed by atoms with Gasteiger partial charge in [0.1, 0.15) is 0 Å². The van der Waals surface area contributed by atoms with Crippen LogP contribution in [0.2, 0.25) is 5.02 Å². The molecule has 0 bridgehead atoms. The zero-order chi connectivity index (χ0) is 19.5. The Balaban J connectivity index is 2.17. The van der Waals surface area contributed by atoms with Gasteiger partial charge >= 0.3 is 0 Å². The quantitative estimate of drug-likeness (QED) is 0.728. The van der Waals surface area contributed by atoms with Crippen molar-refractivity contribution < 1.29 is 8.42 Å². The van der Waals surface area contributed by atoms with Crippen molar-refractivity contribution in [1.82, 2.24) is 8.61 Å². The van der Waals surface area contributed by atoms with Crippen LogP contribution in [0.25, 0.3) is 0 Å². The van der Waals surface area contributed by atoms with Gasteiger partial charge in [-0.15, -0.1) is 0 Å². The third-order valence-electron chi connectivity index (χ3n) is 4.78. The third-order valence-corrected chi connectivity index (χ3v) is 7.13. The van der Waals surface area contributed by atoms with Crippen molar-refractivity contribution in [3.8, 4) is 11.8 Å². The molecule has 4 nitrogen and oxygen atoms in total. The monoisotopic (exact) mass is 394 g/mol. The molecule has 0 amide bonds. The van der Waals surface area contributed by atoms with Crippen molar-refractivity contribution in [3.63, 3.8) is 0 Å². The molecule has 0 atom stereocenters. The lowest BCUT2D eigenvalue weighted by Crippen LogP contribution is -2.51. The fraction of sp³-hybridized carbons (Fsp3) is 0.500. The van der Waals surface area contributed by atoms with Gasteiger partial charge in [-0.25, -0.2) is 0 Å². The second kappa shape index (κ2) is 8.14. The maximum absolute atomic E-state index is 12.7. The SMILES string of the molecule is CC(C)N(C)S(=O)(=O)N1CC/C(=C\C#Cc2cccc(Cl)c2)C(C)(C)C1. The molecular formula is C20H27ClN2O2S. The second-order valence-corrected chi connectivity index (χ2v) is 9.96. The minimum absolute atomic E-state index is 0.0661. The maximum Gasteiger partial charge on any atom is 0.281 e. The Morgan fingerprint density at radius 2 is 2.04 bits per heavy atom. The molecule has 0 aromatic heterocycles. The average Bonchev–Trinajstić information content (AvgIpc) is 2.55. The minimum Gasteiger partial charge on any atom is -0.195 e. The Labute approximate surface area is 163 Å². The second-order valence-electron chi connectivity index (χ2n) is 7.53. The van der Waals surface area contributed by atoms with E-state index in [-0.39, 0.29) is 11.5 Å². The van der Waals surface area contributed by atoms with Crippen molar-refractivity contribution >= 4 is 21.8 Å². The van der Waals surface area contributed by atoms with Gasteiger partial charge in [0.2, 0.25) is 0 Å². The predicted molar refractivity (Wildman–Crippen MR) is 108 cm³/mol. The van der Waals surface area contributed by atoms with Crippen LogP contribution in [-0.4, -0.2) is 43.2 Å². The molecule has 0 spiro atoms. The van der Waals surface area contributed by atoms with Gasteiger partial charge in [-0.2, -0.15) is 17.0 Å². The number of hydrogen-bond acceptors (Lipinski definition) is 2. The molecule has 1 heterocycles. The highest BCUT2D eigenvalue weighted by Crippen LogP contribution is 2.35. The minimum atomic E-state index is -3.44. The van der Waals surface area contributed by atoms with Gasteiger partial charge in [0.25, 0.3) is 10.2 Å². The fourth-order valence-electron chi connectivity index (χ4n) is 2.89. The molecule has 142 valence electrons. The standard InChI is InChI=1S/C20H27ClN2O2S/c1-16(2)22(5)26(24,25)23-13-12-18(20(3,4)15-23)10-6-8-17-9-7-11-19(21)14-17/h7,9-11,14,16H,12-13,15H2,1-5H3/b18-10+. The first-order valence-corrected chi connectivity index (χ1v) is 10.5. The predicted octanol–water partition coefficient (Wildman–Crippen LogP) is 3.93. The van der Waals surface area contributed by atoms with Crippen LogP contribution in [0, 0.1) is 17.3 Å². The number of nitrogens with zero attached hydrogens (tertiary/aromatic N) is 2. The van der Waals surface area contributed by atoms with E-state index in [9.17, 15) is 8.42 Å². The molecule has 1 aromatic rings. The first-order valence-electron chi connectivity index (χ1n) is 8.74. The normalized spacial score (nSPS) is 19.6. The topological polar surface area (TPSA) is 40.6 Å². The molecule has 26 heavy (non-hydrogen) atoms. The van der Waals surface area contributed by atoms with Gasteiger partial charge in [-0.3, -0.25) is 0 Å². The van der Waals surface area contributed by atoms with E-state index in [1.54, 1.807) is 11.4 Å². The highest BCUT2D eigenvalue weighted by Gasteiger charge is 2.38. The van der Waals surface area contributed by atoms with Crippen LogP contribution in [-0.2, 0) is 10.2 Å². The van der Waals surface area contributed by atoms with E-state index in [1.807, 2.05) is 44.2 Å². The van der Waals surface area contributed by atoms with Crippen LogP contribution in [0.3, 0.4) is 0 Å². The van der Waals surface area contributed by atoms with Gasteiger partial charge in [-0.1, -0.05) is 48.9 Å². The first kappa shape index (κ1) is 21.0. The third kappa shape index (κ3) is 4.89. The zero-order valence-corrected chi connectivity index (χ0v) is 17.7. The zero-order valence-electron chi connectivity index (χ0n) is 16.1. The number of piperidine rings is 1. The summed E-state index contributed by atoms with van der Waals surface area (Å²) in [5.74, 6) is 6.19. The van der Waals surface area contributed by atoms with E-state index < -0.39 is 10.2 Å². The van der Waals surface area contributed by atoms with Crippen molar-refractivity contribution in [3.05, 3.63) is 46.5 Å². The van der Waals surface area contributed by atoms with Crippen LogP contribution in [0.15, 0.2) is 35.9 Å². The Bertz CT molecular complexity index is 848. The van der Waals surface area contributed by atoms with Crippen LogP contribution < -0.4 is 0 Å². The summed E-state index contributed by atoms with van der Waals surface area (Å²) in [4.78, 5) is 0. The van der Waals surface area contributed by atoms with Crippen molar-refractivity contribution in [2.24, 2.45) is 5.41 Å². The number of allylic oxidation sites excluding steroid dienone is 1. The lowest BCUT2D eigenvalue weighted by atomic mass is 9.79. The highest BCUT2D eigenvalue weighted by molar-refractivity contribution is 7.86. The van der Waals surface area contributed by atoms with E-state index >= 15 is 0 Å². The summed E-state index contributed by atoms with van der Waals surface area (Å²) in [6, 6.07) is 7.37. The van der Waals surface area contributed by atoms with Gasteiger partial charge in [0, 0.05) is 42.2 Å². The Hall–Kier alpha value is -1.32. The summed E-state index contributed by atoms with van der Waals surface area (Å²) in [5.41, 5.74) is 1.78. The van der Waals surface area contributed by atoms with Crippen molar-refractivity contribution in [1.29, 1.82) is 0 Å². The van der Waals surface area contributed by atoms with Crippen LogP contribution >= 0.6 is 11.6 Å². The fourth-order valence-corrected chi connectivity index (χ4v) is 4.79. The molecule has 0 N–H and O–H groups in total. The molecule has 0 unspecified atom stereocenters. The summed E-state index contributed by atoms with van der Waals surface area (Å²) >= 11 is 5.97. The molecule has 1 aromatic carbocycles. The van der Waals surface area contributed by atoms with E-state index in [0.717, 1.165) is 5.56 Å². The van der Waals surface area contributed by atoms with Crippen molar-refractivity contribution in [2.45, 2.75) is 40.2 Å².